The highest BCUT2D eigenvalue weighted by Crippen LogP contribution is 2.44. The molecule has 0 fully saturated rings. The predicted molar refractivity (Wildman–Crippen MR) is 245 cm³/mol. The smallest absolute Gasteiger partial charge is 0.0991 e. The molecule has 0 spiro atoms. The van der Waals surface area contributed by atoms with Gasteiger partial charge in [-0.3, -0.25) is 0 Å². The molecule has 8 aromatic rings. The molecule has 290 valence electrons. The molecular formula is C54H54N4. The SMILES string of the molecule is CC(C)(C)c1ccc2c(c1)c1cc(C(C)(C)C)ccc1n2-c1ccc(C#N)cc1-c1cc(C#N)ccc1-n1c2ccc(C(C)(C)C)cc2c2cc(C(C)(C)C)ccc21. The van der Waals surface area contributed by atoms with Gasteiger partial charge in [-0.15, -0.1) is 0 Å². The van der Waals surface area contributed by atoms with Gasteiger partial charge in [0.2, 0.25) is 0 Å². The number of benzene rings is 6. The van der Waals surface area contributed by atoms with Crippen LogP contribution in [0.1, 0.15) is 116 Å². The molecule has 0 aliphatic heterocycles. The minimum atomic E-state index is -0.0277. The number of hydrogen-bond acceptors (Lipinski definition) is 2. The van der Waals surface area contributed by atoms with Gasteiger partial charge < -0.3 is 9.13 Å². The van der Waals surface area contributed by atoms with E-state index >= 15 is 0 Å². The molecule has 0 atom stereocenters. The lowest BCUT2D eigenvalue weighted by Gasteiger charge is -2.21. The number of hydrogen-bond donors (Lipinski definition) is 0. The molecule has 0 amide bonds. The Bertz CT molecular complexity index is 2700. The van der Waals surface area contributed by atoms with Gasteiger partial charge in [0.1, 0.15) is 0 Å². The standard InChI is InChI=1S/C54H54N4/c1-51(2,3)35-15-21-47-41(27-35)42-28-36(52(4,5)6)16-22-48(42)57(47)45-19-13-33(31-55)25-39(45)40-26-34(32-56)14-20-46(40)58-49-23-17-37(53(7,8)9)29-43(49)44-30-38(54(10,11)12)18-24-50(44)58/h13-30H,1-12H3. The van der Waals surface area contributed by atoms with Crippen molar-refractivity contribution in [3.8, 4) is 34.6 Å². The molecular weight excluding hydrogens is 705 g/mol. The Morgan fingerprint density at radius 3 is 0.828 bits per heavy atom. The van der Waals surface area contributed by atoms with Gasteiger partial charge in [0, 0.05) is 32.7 Å². The normalized spacial score (nSPS) is 12.8. The summed E-state index contributed by atoms with van der Waals surface area (Å²) >= 11 is 0. The monoisotopic (exact) mass is 758 g/mol. The van der Waals surface area contributed by atoms with E-state index in [9.17, 15) is 10.5 Å². The quantitative estimate of drug-likeness (QED) is 0.180. The Kier molecular flexibility index (Phi) is 8.84. The van der Waals surface area contributed by atoms with Crippen LogP contribution in [-0.4, -0.2) is 9.13 Å². The van der Waals surface area contributed by atoms with Crippen molar-refractivity contribution in [3.63, 3.8) is 0 Å². The van der Waals surface area contributed by atoms with Crippen LogP contribution in [0, 0.1) is 22.7 Å². The summed E-state index contributed by atoms with van der Waals surface area (Å²) in [5, 5.41) is 25.6. The minimum Gasteiger partial charge on any atom is -0.309 e. The number of fused-ring (bicyclic) bond motifs is 6. The number of aromatic nitrogens is 2. The fourth-order valence-electron chi connectivity index (χ4n) is 8.46. The third kappa shape index (κ3) is 6.46. The summed E-state index contributed by atoms with van der Waals surface area (Å²) in [6, 6.07) is 44.4. The first kappa shape index (κ1) is 38.8. The molecule has 2 aromatic heterocycles. The lowest BCUT2D eigenvalue weighted by molar-refractivity contribution is 0.590. The molecule has 0 unspecified atom stereocenters. The van der Waals surface area contributed by atoms with Gasteiger partial charge in [-0.2, -0.15) is 10.5 Å². The van der Waals surface area contributed by atoms with Crippen molar-refractivity contribution in [1.82, 2.24) is 9.13 Å². The summed E-state index contributed by atoms with van der Waals surface area (Å²) in [5.74, 6) is 0. The highest BCUT2D eigenvalue weighted by molar-refractivity contribution is 6.12. The molecule has 0 saturated carbocycles. The van der Waals surface area contributed by atoms with E-state index in [1.54, 1.807) is 0 Å². The summed E-state index contributed by atoms with van der Waals surface area (Å²) in [7, 11) is 0. The van der Waals surface area contributed by atoms with Gasteiger partial charge in [0.15, 0.2) is 0 Å². The molecule has 0 radical (unpaired) electrons. The second kappa shape index (κ2) is 13.2. The fraction of sp³-hybridized carbons (Fsp3) is 0.296. The zero-order valence-corrected chi connectivity index (χ0v) is 36.2. The molecule has 0 N–H and O–H groups in total. The van der Waals surface area contributed by atoms with Crippen molar-refractivity contribution < 1.29 is 0 Å². The first-order chi connectivity index (χ1) is 27.2. The van der Waals surface area contributed by atoms with Crippen molar-refractivity contribution >= 4 is 43.6 Å². The van der Waals surface area contributed by atoms with Crippen LogP contribution >= 0.6 is 0 Å². The topological polar surface area (TPSA) is 57.4 Å². The Hall–Kier alpha value is -6.10. The zero-order valence-electron chi connectivity index (χ0n) is 36.2. The molecule has 0 bridgehead atoms. The second-order valence-corrected chi connectivity index (χ2v) is 20.3. The van der Waals surface area contributed by atoms with E-state index in [1.807, 2.05) is 24.3 Å². The van der Waals surface area contributed by atoms with Crippen LogP contribution in [0.3, 0.4) is 0 Å². The Balaban J connectivity index is 1.50. The third-order valence-electron chi connectivity index (χ3n) is 12.0. The molecule has 0 aliphatic carbocycles. The summed E-state index contributed by atoms with van der Waals surface area (Å²) in [4.78, 5) is 0. The first-order valence-electron chi connectivity index (χ1n) is 20.5. The Morgan fingerprint density at radius 2 is 0.603 bits per heavy atom. The number of rotatable bonds is 3. The van der Waals surface area contributed by atoms with Crippen molar-refractivity contribution in [2.45, 2.75) is 105 Å². The lowest BCUT2D eigenvalue weighted by atomic mass is 9.85. The van der Waals surface area contributed by atoms with Crippen molar-refractivity contribution in [2.24, 2.45) is 0 Å². The van der Waals surface area contributed by atoms with E-state index in [0.717, 1.165) is 44.6 Å². The van der Waals surface area contributed by atoms with E-state index in [0.29, 0.717) is 11.1 Å². The molecule has 6 aromatic carbocycles. The van der Waals surface area contributed by atoms with Gasteiger partial charge in [0.25, 0.3) is 0 Å². The average Bonchev–Trinajstić information content (AvgIpc) is 3.67. The summed E-state index contributed by atoms with van der Waals surface area (Å²) in [6.45, 7) is 27.2. The van der Waals surface area contributed by atoms with E-state index in [1.165, 1.54) is 43.8 Å². The second-order valence-electron chi connectivity index (χ2n) is 20.3. The van der Waals surface area contributed by atoms with Gasteiger partial charge in [-0.1, -0.05) is 107 Å². The van der Waals surface area contributed by atoms with Gasteiger partial charge >= 0.3 is 0 Å². The van der Waals surface area contributed by atoms with Crippen LogP contribution in [0.4, 0.5) is 0 Å². The highest BCUT2D eigenvalue weighted by atomic mass is 15.0. The zero-order chi connectivity index (χ0) is 41.7. The maximum atomic E-state index is 10.4. The van der Waals surface area contributed by atoms with Crippen LogP contribution in [0.2, 0.25) is 0 Å². The van der Waals surface area contributed by atoms with E-state index in [-0.39, 0.29) is 21.7 Å². The van der Waals surface area contributed by atoms with Crippen LogP contribution in [0.15, 0.2) is 109 Å². The van der Waals surface area contributed by atoms with Crippen LogP contribution in [-0.2, 0) is 21.7 Å². The Labute approximate surface area is 344 Å². The summed E-state index contributed by atoms with van der Waals surface area (Å²) in [6.07, 6.45) is 0. The van der Waals surface area contributed by atoms with Crippen LogP contribution in [0.5, 0.6) is 0 Å². The summed E-state index contributed by atoms with van der Waals surface area (Å²) < 4.78 is 4.72. The molecule has 0 aliphatic rings. The number of nitriles is 2. The predicted octanol–water partition coefficient (Wildman–Crippen LogP) is 14.5. The van der Waals surface area contributed by atoms with E-state index in [4.69, 9.17) is 0 Å². The third-order valence-corrected chi connectivity index (χ3v) is 12.0. The molecule has 0 saturated heterocycles. The van der Waals surface area contributed by atoms with Gasteiger partial charge in [-0.25, -0.2) is 0 Å². The lowest BCUT2D eigenvalue weighted by Crippen LogP contribution is -2.10. The molecule has 58 heavy (non-hydrogen) atoms. The largest absolute Gasteiger partial charge is 0.309 e. The van der Waals surface area contributed by atoms with Crippen molar-refractivity contribution in [1.29, 1.82) is 10.5 Å². The molecule has 2 heterocycles. The average molecular weight is 759 g/mol. The van der Waals surface area contributed by atoms with Crippen molar-refractivity contribution in [3.05, 3.63) is 143 Å². The maximum Gasteiger partial charge on any atom is 0.0991 e. The summed E-state index contributed by atoms with van der Waals surface area (Å²) in [5.41, 5.74) is 14.2. The fourth-order valence-corrected chi connectivity index (χ4v) is 8.46. The number of nitrogens with zero attached hydrogens (tertiary/aromatic N) is 4. The van der Waals surface area contributed by atoms with E-state index < -0.39 is 0 Å². The highest BCUT2D eigenvalue weighted by Gasteiger charge is 2.26. The first-order valence-corrected chi connectivity index (χ1v) is 20.5. The van der Waals surface area contributed by atoms with Crippen LogP contribution in [0.25, 0.3) is 66.1 Å². The Morgan fingerprint density at radius 1 is 0.345 bits per heavy atom. The molecule has 8 rings (SSSR count). The van der Waals surface area contributed by atoms with Crippen molar-refractivity contribution in [2.75, 3.05) is 0 Å². The van der Waals surface area contributed by atoms with Crippen LogP contribution < -0.4 is 0 Å². The maximum absolute atomic E-state index is 10.4. The van der Waals surface area contributed by atoms with Gasteiger partial charge in [-0.05, 0) is 129 Å². The minimum absolute atomic E-state index is 0.0277. The molecule has 4 heteroatoms. The van der Waals surface area contributed by atoms with E-state index in [2.05, 4.69) is 189 Å². The molecule has 4 nitrogen and oxygen atoms in total. The van der Waals surface area contributed by atoms with Gasteiger partial charge in [0.05, 0.1) is 56.7 Å².